The van der Waals surface area contributed by atoms with Crippen LogP contribution in [0, 0.1) is 5.92 Å². The van der Waals surface area contributed by atoms with E-state index in [2.05, 4.69) is 29.0 Å². The molecule has 12 heteroatoms. The molecule has 2 aromatic heterocycles. The molecule has 1 saturated heterocycles. The number of aromatic nitrogens is 1. The smallest absolute Gasteiger partial charge is 0.348 e. The molecule has 5 rings (SSSR count). The van der Waals surface area contributed by atoms with Crippen LogP contribution >= 0.6 is 34.5 Å². The topological polar surface area (TPSA) is 99.2 Å². The molecule has 0 spiro atoms. The predicted octanol–water partition coefficient (Wildman–Crippen LogP) is 8.10. The molecule has 1 unspecified atom stereocenters. The van der Waals surface area contributed by atoms with Gasteiger partial charge in [0, 0.05) is 36.3 Å². The Labute approximate surface area is 307 Å². The molecular weight excluding hydrogens is 697 g/mol. The minimum atomic E-state index is -0.752. The highest BCUT2D eigenvalue weighted by molar-refractivity contribution is 7.13. The third kappa shape index (κ3) is 9.76. The number of piperidine rings is 1. The highest BCUT2D eigenvalue weighted by Gasteiger charge is 2.27. The number of ether oxygens (including phenoxy) is 4. The number of esters is 2. The van der Waals surface area contributed by atoms with Crippen molar-refractivity contribution in [2.24, 2.45) is 5.92 Å². The third-order valence-electron chi connectivity index (χ3n) is 8.92. The number of carbonyl (C=O) groups excluding carboxylic acids is 2. The second kappa shape index (κ2) is 18.0. The average Bonchev–Trinajstić information content (AvgIpc) is 3.61. The molecule has 0 radical (unpaired) electrons. The van der Waals surface area contributed by atoms with Gasteiger partial charge in [-0.25, -0.2) is 9.59 Å². The first-order valence-electron chi connectivity index (χ1n) is 16.6. The first kappa shape index (κ1) is 37.6. The maximum atomic E-state index is 13.6. The van der Waals surface area contributed by atoms with Crippen molar-refractivity contribution in [2.75, 3.05) is 33.9 Å². The molecule has 50 heavy (non-hydrogen) atoms. The lowest BCUT2D eigenvalue weighted by molar-refractivity contribution is -0.148. The number of hydrogen-bond donors (Lipinski definition) is 1. The summed E-state index contributed by atoms with van der Waals surface area (Å²) in [4.78, 5) is 34.8. The maximum absolute atomic E-state index is 13.6. The van der Waals surface area contributed by atoms with E-state index in [9.17, 15) is 9.59 Å². The van der Waals surface area contributed by atoms with Gasteiger partial charge in [-0.2, -0.15) is 0 Å². The van der Waals surface area contributed by atoms with E-state index in [0.29, 0.717) is 62.7 Å². The van der Waals surface area contributed by atoms with E-state index in [-0.39, 0.29) is 12.4 Å². The van der Waals surface area contributed by atoms with Crippen molar-refractivity contribution in [1.29, 1.82) is 0 Å². The van der Waals surface area contributed by atoms with Crippen LogP contribution in [0.4, 0.5) is 0 Å². The van der Waals surface area contributed by atoms with Crippen LogP contribution in [0.5, 0.6) is 11.5 Å². The number of carbonyl (C=O) groups is 2. The molecule has 2 aromatic carbocycles. The standard InChI is InChI=1S/C38H43Cl2N3O6S/c1-24(2)43-16-14-25(15-17-43)23-48-38(45)36(26-8-6-5-7-9-26)42-20-28-11-13-35(50-28)37(44)49-33(19-29-30(39)21-41-22-31(29)40)27-10-12-32(46-3)34(18-27)47-4/h5-13,18,21-22,24-25,33,36,42H,14-17,19-20,23H2,1-4H3/t33-,36?/m0/s1. The predicted molar refractivity (Wildman–Crippen MR) is 196 cm³/mol. The van der Waals surface area contributed by atoms with Crippen LogP contribution < -0.4 is 14.8 Å². The largest absolute Gasteiger partial charge is 0.493 e. The van der Waals surface area contributed by atoms with Gasteiger partial charge in [-0.15, -0.1) is 11.3 Å². The number of rotatable bonds is 15. The van der Waals surface area contributed by atoms with Gasteiger partial charge in [-0.3, -0.25) is 10.3 Å². The lowest BCUT2D eigenvalue weighted by atomic mass is 9.97. The summed E-state index contributed by atoms with van der Waals surface area (Å²) in [6, 6.07) is 18.3. The molecule has 3 heterocycles. The molecule has 266 valence electrons. The van der Waals surface area contributed by atoms with Gasteiger partial charge in [0.2, 0.25) is 0 Å². The zero-order valence-corrected chi connectivity index (χ0v) is 31.0. The fourth-order valence-electron chi connectivity index (χ4n) is 5.97. The first-order valence-corrected chi connectivity index (χ1v) is 18.2. The summed E-state index contributed by atoms with van der Waals surface area (Å²) in [5, 5.41) is 4.10. The average molecular weight is 741 g/mol. The summed E-state index contributed by atoms with van der Waals surface area (Å²) in [7, 11) is 3.09. The number of likely N-dealkylation sites (tertiary alicyclic amines) is 1. The number of methoxy groups -OCH3 is 2. The number of halogens is 2. The van der Waals surface area contributed by atoms with E-state index in [1.165, 1.54) is 23.7 Å². The fourth-order valence-corrected chi connectivity index (χ4v) is 7.33. The molecular formula is C38H43Cl2N3O6S. The first-order chi connectivity index (χ1) is 24.2. The quantitative estimate of drug-likeness (QED) is 0.121. The minimum Gasteiger partial charge on any atom is -0.493 e. The van der Waals surface area contributed by atoms with Crippen LogP contribution in [-0.4, -0.2) is 61.8 Å². The molecule has 2 atom stereocenters. The summed E-state index contributed by atoms with van der Waals surface area (Å²) >= 11 is 14.2. The van der Waals surface area contributed by atoms with Crippen LogP contribution in [0.2, 0.25) is 10.0 Å². The van der Waals surface area contributed by atoms with Gasteiger partial charge in [0.15, 0.2) is 11.5 Å². The van der Waals surface area contributed by atoms with Gasteiger partial charge in [0.1, 0.15) is 17.0 Å². The van der Waals surface area contributed by atoms with E-state index in [1.807, 2.05) is 42.5 Å². The Kier molecular flexibility index (Phi) is 13.5. The lowest BCUT2D eigenvalue weighted by Gasteiger charge is -2.34. The van der Waals surface area contributed by atoms with Crippen molar-refractivity contribution in [1.82, 2.24) is 15.2 Å². The summed E-state index contributed by atoms with van der Waals surface area (Å²) in [5.41, 5.74) is 2.09. The van der Waals surface area contributed by atoms with Crippen molar-refractivity contribution in [2.45, 2.75) is 57.8 Å². The molecule has 1 fully saturated rings. The molecule has 4 aromatic rings. The van der Waals surface area contributed by atoms with Crippen molar-refractivity contribution < 1.29 is 28.5 Å². The number of pyridine rings is 1. The second-order valence-electron chi connectivity index (χ2n) is 12.5. The van der Waals surface area contributed by atoms with Crippen molar-refractivity contribution >= 4 is 46.5 Å². The van der Waals surface area contributed by atoms with Gasteiger partial charge in [-0.1, -0.05) is 59.6 Å². The number of nitrogens with zero attached hydrogens (tertiary/aromatic N) is 2. The van der Waals surface area contributed by atoms with Gasteiger partial charge < -0.3 is 23.8 Å². The SMILES string of the molecule is COc1ccc([C@H](Cc2c(Cl)cncc2Cl)OC(=O)c2ccc(CNC(C(=O)OCC3CCN(C(C)C)CC3)c3ccccc3)s2)cc1OC. The van der Waals surface area contributed by atoms with E-state index in [4.69, 9.17) is 42.1 Å². The zero-order valence-electron chi connectivity index (χ0n) is 28.7. The molecule has 0 amide bonds. The third-order valence-corrected chi connectivity index (χ3v) is 10.6. The summed E-state index contributed by atoms with van der Waals surface area (Å²) < 4.78 is 22.9. The number of hydrogen-bond acceptors (Lipinski definition) is 10. The zero-order chi connectivity index (χ0) is 35.6. The molecule has 9 nitrogen and oxygen atoms in total. The van der Waals surface area contributed by atoms with E-state index < -0.39 is 18.1 Å². The molecule has 1 aliphatic heterocycles. The van der Waals surface area contributed by atoms with Gasteiger partial charge in [0.25, 0.3) is 0 Å². The molecule has 0 bridgehead atoms. The van der Waals surface area contributed by atoms with E-state index in [1.54, 1.807) is 32.4 Å². The summed E-state index contributed by atoms with van der Waals surface area (Å²) in [6.45, 7) is 7.21. The highest BCUT2D eigenvalue weighted by atomic mass is 35.5. The Bertz CT molecular complexity index is 1710. The number of nitrogens with one attached hydrogen (secondary N) is 1. The fraction of sp³-hybridized carbons (Fsp3) is 0.395. The molecule has 1 aliphatic rings. The Morgan fingerprint density at radius 2 is 1.64 bits per heavy atom. The van der Waals surface area contributed by atoms with Crippen LogP contribution in [0.3, 0.4) is 0 Å². The van der Waals surface area contributed by atoms with Crippen LogP contribution in [0.15, 0.2) is 73.1 Å². The second-order valence-corrected chi connectivity index (χ2v) is 14.5. The normalized spacial score (nSPS) is 15.0. The number of benzene rings is 2. The molecule has 0 saturated carbocycles. The molecule has 0 aliphatic carbocycles. The monoisotopic (exact) mass is 739 g/mol. The summed E-state index contributed by atoms with van der Waals surface area (Å²) in [5.74, 6) is 0.561. The lowest BCUT2D eigenvalue weighted by Crippen LogP contribution is -2.40. The van der Waals surface area contributed by atoms with E-state index >= 15 is 0 Å². The van der Waals surface area contributed by atoms with Crippen molar-refractivity contribution in [3.63, 3.8) is 0 Å². The van der Waals surface area contributed by atoms with Gasteiger partial charge in [-0.05, 0) is 86.7 Å². The van der Waals surface area contributed by atoms with Crippen LogP contribution in [0.1, 0.15) is 70.1 Å². The van der Waals surface area contributed by atoms with Crippen molar-refractivity contribution in [3.8, 4) is 11.5 Å². The van der Waals surface area contributed by atoms with Crippen LogP contribution in [0.25, 0.3) is 0 Å². The summed E-state index contributed by atoms with van der Waals surface area (Å²) in [6.07, 6.45) is 4.49. The Hall–Kier alpha value is -3.67. The van der Waals surface area contributed by atoms with Crippen molar-refractivity contribution in [3.05, 3.63) is 110 Å². The van der Waals surface area contributed by atoms with Gasteiger partial charge >= 0.3 is 11.9 Å². The maximum Gasteiger partial charge on any atom is 0.348 e. The Morgan fingerprint density at radius 3 is 2.30 bits per heavy atom. The highest BCUT2D eigenvalue weighted by Crippen LogP contribution is 2.36. The minimum absolute atomic E-state index is 0.207. The van der Waals surface area contributed by atoms with E-state index in [0.717, 1.165) is 36.4 Å². The van der Waals surface area contributed by atoms with Crippen LogP contribution in [-0.2, 0) is 27.2 Å². The number of thiophene rings is 1. The van der Waals surface area contributed by atoms with Gasteiger partial charge in [0.05, 0.1) is 30.9 Å². The Morgan fingerprint density at radius 1 is 0.940 bits per heavy atom. The Balaban J connectivity index is 1.26. The molecule has 1 N–H and O–H groups in total.